The van der Waals surface area contributed by atoms with Gasteiger partial charge in [0.15, 0.2) is 9.84 Å². The number of hydrogen-bond acceptors (Lipinski definition) is 8. The number of hydrogen-bond donors (Lipinski definition) is 0. The van der Waals surface area contributed by atoms with Gasteiger partial charge in [0, 0.05) is 6.26 Å². The first-order valence-electron chi connectivity index (χ1n) is 7.26. The van der Waals surface area contributed by atoms with Crippen molar-refractivity contribution in [3.63, 3.8) is 0 Å². The summed E-state index contributed by atoms with van der Waals surface area (Å²) in [5.41, 5.74) is 0.809. The van der Waals surface area contributed by atoms with E-state index < -0.39 is 21.8 Å². The Balaban J connectivity index is 2.73. The number of methoxy groups -OCH3 is 2. The maximum atomic E-state index is 12.3. The van der Waals surface area contributed by atoms with Crippen molar-refractivity contribution in [2.24, 2.45) is 0 Å². The second-order valence-corrected chi connectivity index (χ2v) is 7.44. The Hall–Kier alpha value is -2.39. The number of nitrogens with zero attached hydrogens (tertiary/aromatic N) is 1. The van der Waals surface area contributed by atoms with E-state index in [1.807, 2.05) is 0 Å². The topological polar surface area (TPSA) is 99.2 Å². The smallest absolute Gasteiger partial charge is 0.355 e. The zero-order chi connectivity index (χ0) is 18.8. The lowest BCUT2D eigenvalue weighted by Gasteiger charge is -2.32. The van der Waals surface area contributed by atoms with Crippen molar-refractivity contribution in [2.45, 2.75) is 11.8 Å². The van der Waals surface area contributed by atoms with Gasteiger partial charge in [0.2, 0.25) is 0 Å². The van der Waals surface area contributed by atoms with Gasteiger partial charge in [0.1, 0.15) is 12.4 Å². The van der Waals surface area contributed by atoms with Crippen LogP contribution in [0.25, 0.3) is 0 Å². The molecule has 1 aromatic carbocycles. The molecule has 8 nitrogen and oxygen atoms in total. The summed E-state index contributed by atoms with van der Waals surface area (Å²) in [6.45, 7) is 1.49. The van der Waals surface area contributed by atoms with Crippen LogP contribution < -0.4 is 4.90 Å². The molecule has 0 N–H and O–H groups in total. The van der Waals surface area contributed by atoms with E-state index in [0.717, 1.165) is 11.8 Å². The van der Waals surface area contributed by atoms with Gasteiger partial charge in [-0.25, -0.2) is 18.0 Å². The molecule has 0 radical (unpaired) electrons. The molecule has 1 aromatic rings. The predicted molar refractivity (Wildman–Crippen MR) is 88.6 cm³/mol. The molecule has 2 rings (SSSR count). The highest BCUT2D eigenvalue weighted by atomic mass is 32.2. The third-order valence-electron chi connectivity index (χ3n) is 3.64. The van der Waals surface area contributed by atoms with Crippen molar-refractivity contribution in [1.82, 2.24) is 0 Å². The van der Waals surface area contributed by atoms with E-state index in [-0.39, 0.29) is 35.2 Å². The fourth-order valence-electron chi connectivity index (χ4n) is 2.47. The van der Waals surface area contributed by atoms with E-state index in [1.165, 1.54) is 25.2 Å². The SMILES string of the molecule is COC(=O)C1=C(C(=O)OC)N(c2ccc(C)cc2S(C)(=O)=O)COC1. The fourth-order valence-corrected chi connectivity index (χ4v) is 3.43. The monoisotopic (exact) mass is 369 g/mol. The Morgan fingerprint density at radius 2 is 1.80 bits per heavy atom. The number of benzene rings is 1. The molecule has 0 amide bonds. The standard InChI is InChI=1S/C16H19NO7S/c1-10-5-6-12(13(7-10)25(4,20)21)17-9-24-8-11(15(18)22-2)14(17)16(19)23-3/h5-7H,8-9H2,1-4H3. The normalized spacial score (nSPS) is 15.1. The first-order valence-corrected chi connectivity index (χ1v) is 9.15. The van der Waals surface area contributed by atoms with Crippen LogP contribution in [0.3, 0.4) is 0 Å². The number of aryl methyl sites for hydroxylation is 1. The lowest BCUT2D eigenvalue weighted by molar-refractivity contribution is -0.140. The van der Waals surface area contributed by atoms with Crippen molar-refractivity contribution in [3.8, 4) is 0 Å². The van der Waals surface area contributed by atoms with Gasteiger partial charge in [-0.15, -0.1) is 0 Å². The highest BCUT2D eigenvalue weighted by Gasteiger charge is 2.34. The summed E-state index contributed by atoms with van der Waals surface area (Å²) in [6, 6.07) is 4.75. The Labute approximate surface area is 145 Å². The van der Waals surface area contributed by atoms with Crippen LogP contribution in [-0.4, -0.2) is 54.2 Å². The number of sulfone groups is 1. The summed E-state index contributed by atoms with van der Waals surface area (Å²) < 4.78 is 39.2. The molecule has 0 unspecified atom stereocenters. The van der Waals surface area contributed by atoms with Crippen molar-refractivity contribution < 1.29 is 32.2 Å². The molecule has 0 spiro atoms. The predicted octanol–water partition coefficient (Wildman–Crippen LogP) is 0.793. The molecular formula is C16H19NO7S. The van der Waals surface area contributed by atoms with E-state index in [1.54, 1.807) is 19.1 Å². The third-order valence-corrected chi connectivity index (χ3v) is 4.76. The molecule has 0 aromatic heterocycles. The molecule has 1 aliphatic heterocycles. The van der Waals surface area contributed by atoms with E-state index in [9.17, 15) is 18.0 Å². The maximum absolute atomic E-state index is 12.3. The van der Waals surface area contributed by atoms with Crippen molar-refractivity contribution in [3.05, 3.63) is 35.0 Å². The summed E-state index contributed by atoms with van der Waals surface area (Å²) in [5, 5.41) is 0. The molecule has 1 aliphatic rings. The molecule has 1 heterocycles. The summed E-state index contributed by atoms with van der Waals surface area (Å²) in [7, 11) is -1.24. The van der Waals surface area contributed by atoms with Gasteiger partial charge >= 0.3 is 11.9 Å². The second-order valence-electron chi connectivity index (χ2n) is 5.46. The average molecular weight is 369 g/mol. The molecule has 136 valence electrons. The van der Waals surface area contributed by atoms with Crippen LogP contribution in [0.4, 0.5) is 5.69 Å². The zero-order valence-electron chi connectivity index (χ0n) is 14.4. The van der Waals surface area contributed by atoms with Crippen LogP contribution in [0.5, 0.6) is 0 Å². The van der Waals surface area contributed by atoms with Gasteiger partial charge in [-0.2, -0.15) is 0 Å². The number of esters is 2. The number of ether oxygens (including phenoxy) is 3. The molecular weight excluding hydrogens is 350 g/mol. The Morgan fingerprint density at radius 3 is 2.36 bits per heavy atom. The maximum Gasteiger partial charge on any atom is 0.355 e. The van der Waals surface area contributed by atoms with E-state index in [0.29, 0.717) is 0 Å². The molecule has 25 heavy (non-hydrogen) atoms. The van der Waals surface area contributed by atoms with E-state index >= 15 is 0 Å². The van der Waals surface area contributed by atoms with Gasteiger partial charge in [0.05, 0.1) is 37.0 Å². The first-order chi connectivity index (χ1) is 11.7. The molecule has 0 saturated carbocycles. The minimum Gasteiger partial charge on any atom is -0.466 e. The van der Waals surface area contributed by atoms with Crippen LogP contribution in [0.1, 0.15) is 5.56 Å². The molecule has 0 bridgehead atoms. The average Bonchev–Trinajstić information content (AvgIpc) is 2.58. The summed E-state index contributed by atoms with van der Waals surface area (Å²) >= 11 is 0. The van der Waals surface area contributed by atoms with Gasteiger partial charge in [-0.1, -0.05) is 6.07 Å². The molecule has 0 saturated heterocycles. The highest BCUT2D eigenvalue weighted by molar-refractivity contribution is 7.90. The largest absolute Gasteiger partial charge is 0.466 e. The Kier molecular flexibility index (Phi) is 5.48. The molecule has 9 heteroatoms. The summed E-state index contributed by atoms with van der Waals surface area (Å²) in [6.07, 6.45) is 1.07. The van der Waals surface area contributed by atoms with Crippen LogP contribution in [0, 0.1) is 6.92 Å². The van der Waals surface area contributed by atoms with Gasteiger partial charge in [0.25, 0.3) is 0 Å². The van der Waals surface area contributed by atoms with Crippen LogP contribution in [0.15, 0.2) is 34.4 Å². The fraction of sp³-hybridized carbons (Fsp3) is 0.375. The van der Waals surface area contributed by atoms with Crippen molar-refractivity contribution >= 4 is 27.5 Å². The van der Waals surface area contributed by atoms with Crippen molar-refractivity contribution in [2.75, 3.05) is 38.7 Å². The molecule has 0 fully saturated rings. The third kappa shape index (κ3) is 3.83. The minimum atomic E-state index is -3.59. The lowest BCUT2D eigenvalue weighted by atomic mass is 10.1. The highest BCUT2D eigenvalue weighted by Crippen LogP contribution is 2.32. The van der Waals surface area contributed by atoms with Crippen LogP contribution in [-0.2, 0) is 33.6 Å². The second kappa shape index (κ2) is 7.24. The number of carbonyl (C=O) groups is 2. The quantitative estimate of drug-likeness (QED) is 0.719. The number of carbonyl (C=O) groups excluding carboxylic acids is 2. The number of rotatable bonds is 4. The van der Waals surface area contributed by atoms with E-state index in [2.05, 4.69) is 4.74 Å². The minimum absolute atomic E-state index is 0.0172. The summed E-state index contributed by atoms with van der Waals surface area (Å²) in [5.74, 6) is -1.54. The molecule has 0 atom stereocenters. The van der Waals surface area contributed by atoms with Crippen LogP contribution >= 0.6 is 0 Å². The van der Waals surface area contributed by atoms with Crippen molar-refractivity contribution in [1.29, 1.82) is 0 Å². The van der Waals surface area contributed by atoms with Gasteiger partial charge in [-0.3, -0.25) is 0 Å². The van der Waals surface area contributed by atoms with Gasteiger partial charge in [-0.05, 0) is 24.6 Å². The van der Waals surface area contributed by atoms with Gasteiger partial charge < -0.3 is 19.1 Å². The molecule has 0 aliphatic carbocycles. The first kappa shape index (κ1) is 18.9. The Morgan fingerprint density at radius 1 is 1.16 bits per heavy atom. The zero-order valence-corrected chi connectivity index (χ0v) is 15.2. The van der Waals surface area contributed by atoms with E-state index in [4.69, 9.17) is 9.47 Å². The Bertz CT molecular complexity index is 842. The number of anilines is 1. The van der Waals surface area contributed by atoms with Crippen LogP contribution in [0.2, 0.25) is 0 Å². The lowest BCUT2D eigenvalue weighted by Crippen LogP contribution is -2.39. The summed E-state index contributed by atoms with van der Waals surface area (Å²) in [4.78, 5) is 25.6.